The van der Waals surface area contributed by atoms with Crippen molar-refractivity contribution in [3.63, 3.8) is 0 Å². The minimum atomic E-state index is 0.0177. The second-order valence-corrected chi connectivity index (χ2v) is 10.6. The van der Waals surface area contributed by atoms with Gasteiger partial charge >= 0.3 is 0 Å². The van der Waals surface area contributed by atoms with Crippen LogP contribution in [0.4, 0.5) is 0 Å². The Balaban J connectivity index is 1.54. The number of para-hydroxylation sites is 1. The van der Waals surface area contributed by atoms with Crippen molar-refractivity contribution < 1.29 is 5.11 Å². The van der Waals surface area contributed by atoms with Crippen LogP contribution < -0.4 is 0 Å². The van der Waals surface area contributed by atoms with E-state index in [-0.39, 0.29) is 10.4 Å². The normalized spacial score (nSPS) is 36.2. The smallest absolute Gasteiger partial charge is 0.123 e. The molecule has 3 heteroatoms. The predicted molar refractivity (Wildman–Crippen MR) is 116 cm³/mol. The van der Waals surface area contributed by atoms with Gasteiger partial charge in [-0.1, -0.05) is 42.5 Å². The van der Waals surface area contributed by atoms with E-state index >= 15 is 0 Å². The maximum Gasteiger partial charge on any atom is 0.123 e. The third-order valence-electron chi connectivity index (χ3n) is 7.98. The third kappa shape index (κ3) is 2.80. The fraction of sp³-hybridized carbons (Fsp3) is 0.520. The average molecular weight is 396 g/mol. The summed E-state index contributed by atoms with van der Waals surface area (Å²) in [6, 6.07) is 16.3. The van der Waals surface area contributed by atoms with E-state index in [1.54, 1.807) is 6.07 Å². The van der Waals surface area contributed by atoms with E-state index in [0.717, 1.165) is 24.3 Å². The summed E-state index contributed by atoms with van der Waals surface area (Å²) in [5.41, 5.74) is 3.67. The molecule has 4 bridgehead atoms. The molecule has 5 atom stereocenters. The van der Waals surface area contributed by atoms with Gasteiger partial charge in [0, 0.05) is 16.0 Å². The average Bonchev–Trinajstić information content (AvgIpc) is 2.64. The van der Waals surface area contributed by atoms with E-state index in [1.165, 1.54) is 36.8 Å². The summed E-state index contributed by atoms with van der Waals surface area (Å²) in [5, 5.41) is 10.4. The molecule has 0 amide bonds. The molecule has 2 aromatic carbocycles. The summed E-state index contributed by atoms with van der Waals surface area (Å²) in [6.07, 6.45) is 7.19. The van der Waals surface area contributed by atoms with E-state index < -0.39 is 0 Å². The topological polar surface area (TPSA) is 23.5 Å². The standard InChI is InChI=1S/C25H30ClNO/c1-27(2)25-14-17-11-19(15-24(26,13-17)16-25)22(25)12-18-7-3-4-8-20(18)21-9-5-6-10-23(21)28/h3-10,17,19,22,28H,11-16H2,1-2H3/t17-,19+,22?,24+,25+/m1/s1. The first-order valence-electron chi connectivity index (χ1n) is 10.6. The fourth-order valence-corrected chi connectivity index (χ4v) is 7.69. The molecule has 6 rings (SSSR count). The number of rotatable bonds is 4. The Kier molecular flexibility index (Phi) is 4.30. The molecule has 2 aromatic rings. The van der Waals surface area contributed by atoms with Crippen LogP contribution in [0, 0.1) is 17.8 Å². The van der Waals surface area contributed by atoms with Crippen molar-refractivity contribution in [3.8, 4) is 16.9 Å². The Bertz CT molecular complexity index is 896. The first kappa shape index (κ1) is 18.5. The van der Waals surface area contributed by atoms with Gasteiger partial charge in [-0.05, 0) is 87.6 Å². The van der Waals surface area contributed by atoms with Crippen LogP contribution in [0.5, 0.6) is 5.75 Å². The van der Waals surface area contributed by atoms with Gasteiger partial charge in [-0.3, -0.25) is 0 Å². The molecule has 0 spiro atoms. The van der Waals surface area contributed by atoms with Crippen LogP contribution in [0.2, 0.25) is 0 Å². The number of aromatic hydroxyl groups is 1. The number of hydrogen-bond acceptors (Lipinski definition) is 2. The summed E-state index contributed by atoms with van der Waals surface area (Å²) < 4.78 is 0. The highest BCUT2D eigenvalue weighted by molar-refractivity contribution is 6.24. The third-order valence-corrected chi connectivity index (χ3v) is 8.43. The van der Waals surface area contributed by atoms with Gasteiger partial charge in [-0.25, -0.2) is 0 Å². The molecule has 2 nitrogen and oxygen atoms in total. The Labute approximate surface area is 173 Å². The summed E-state index contributed by atoms with van der Waals surface area (Å²) in [4.78, 5) is 2.51. The molecule has 4 aliphatic carbocycles. The molecule has 1 unspecified atom stereocenters. The zero-order valence-corrected chi connectivity index (χ0v) is 17.6. The Hall–Kier alpha value is -1.51. The zero-order chi connectivity index (χ0) is 19.5. The van der Waals surface area contributed by atoms with Crippen molar-refractivity contribution in [3.05, 3.63) is 54.1 Å². The molecule has 0 heterocycles. The number of benzene rings is 2. The second-order valence-electron chi connectivity index (χ2n) is 9.78. The van der Waals surface area contributed by atoms with Crippen molar-refractivity contribution in [2.24, 2.45) is 17.8 Å². The highest BCUT2D eigenvalue weighted by Crippen LogP contribution is 2.64. The molecule has 1 N–H and O–H groups in total. The molecular weight excluding hydrogens is 366 g/mol. The molecule has 4 fully saturated rings. The minimum absolute atomic E-state index is 0.0177. The molecule has 4 saturated carbocycles. The van der Waals surface area contributed by atoms with E-state index in [1.807, 2.05) is 18.2 Å². The molecule has 148 valence electrons. The quantitative estimate of drug-likeness (QED) is 0.669. The molecular formula is C25H30ClNO. The summed E-state index contributed by atoms with van der Waals surface area (Å²) in [6.45, 7) is 0. The Morgan fingerprint density at radius 1 is 1.00 bits per heavy atom. The van der Waals surface area contributed by atoms with Gasteiger partial charge in [0.05, 0.1) is 0 Å². The van der Waals surface area contributed by atoms with E-state index in [2.05, 4.69) is 43.3 Å². The lowest BCUT2D eigenvalue weighted by Crippen LogP contribution is -2.67. The van der Waals surface area contributed by atoms with Crippen LogP contribution in [0.1, 0.15) is 37.7 Å². The zero-order valence-electron chi connectivity index (χ0n) is 16.9. The molecule has 28 heavy (non-hydrogen) atoms. The van der Waals surface area contributed by atoms with Crippen molar-refractivity contribution >= 4 is 11.6 Å². The predicted octanol–water partition coefficient (Wildman–Crippen LogP) is 5.72. The number of nitrogens with zero attached hydrogens (tertiary/aromatic N) is 1. The number of phenols is 1. The summed E-state index contributed by atoms with van der Waals surface area (Å²) in [5.74, 6) is 2.48. The van der Waals surface area contributed by atoms with Crippen molar-refractivity contribution in [2.45, 2.75) is 48.9 Å². The maximum absolute atomic E-state index is 10.4. The molecule has 0 saturated heterocycles. The Morgan fingerprint density at radius 2 is 1.71 bits per heavy atom. The number of alkyl halides is 1. The van der Waals surface area contributed by atoms with E-state index in [0.29, 0.717) is 17.6 Å². The second kappa shape index (κ2) is 6.50. The molecule has 0 radical (unpaired) electrons. The summed E-state index contributed by atoms with van der Waals surface area (Å²) >= 11 is 7.12. The van der Waals surface area contributed by atoms with Gasteiger partial charge in [-0.2, -0.15) is 0 Å². The monoisotopic (exact) mass is 395 g/mol. The van der Waals surface area contributed by atoms with Gasteiger partial charge < -0.3 is 10.0 Å². The molecule has 0 aliphatic heterocycles. The maximum atomic E-state index is 10.4. The Morgan fingerprint density at radius 3 is 2.43 bits per heavy atom. The first-order chi connectivity index (χ1) is 13.4. The van der Waals surface area contributed by atoms with Gasteiger partial charge in [0.25, 0.3) is 0 Å². The van der Waals surface area contributed by atoms with E-state index in [4.69, 9.17) is 11.6 Å². The van der Waals surface area contributed by atoms with Crippen molar-refractivity contribution in [1.82, 2.24) is 4.90 Å². The van der Waals surface area contributed by atoms with E-state index in [9.17, 15) is 5.11 Å². The SMILES string of the molecule is CN(C)[C@@]12C[C@@H]3C[C@@H](C[C@@](Cl)(C3)C1)C2Cc1ccccc1-c1ccccc1O. The van der Waals surface area contributed by atoms with Crippen LogP contribution in [-0.4, -0.2) is 34.5 Å². The molecule has 4 aliphatic rings. The van der Waals surface area contributed by atoms with Crippen LogP contribution in [-0.2, 0) is 6.42 Å². The lowest BCUT2D eigenvalue weighted by molar-refractivity contribution is -0.111. The van der Waals surface area contributed by atoms with Gasteiger partial charge in [0.2, 0.25) is 0 Å². The van der Waals surface area contributed by atoms with Gasteiger partial charge in [0.1, 0.15) is 5.75 Å². The highest BCUT2D eigenvalue weighted by atomic mass is 35.5. The highest BCUT2D eigenvalue weighted by Gasteiger charge is 2.62. The largest absolute Gasteiger partial charge is 0.507 e. The van der Waals surface area contributed by atoms with Crippen molar-refractivity contribution in [2.75, 3.05) is 14.1 Å². The summed E-state index contributed by atoms with van der Waals surface area (Å²) in [7, 11) is 4.52. The number of phenolic OH excluding ortho intramolecular Hbond substituents is 1. The lowest BCUT2D eigenvalue weighted by Gasteiger charge is -2.66. The van der Waals surface area contributed by atoms with Crippen LogP contribution in [0.3, 0.4) is 0 Å². The van der Waals surface area contributed by atoms with Crippen molar-refractivity contribution in [1.29, 1.82) is 0 Å². The van der Waals surface area contributed by atoms with Gasteiger partial charge in [0.15, 0.2) is 0 Å². The number of halogens is 1. The van der Waals surface area contributed by atoms with Crippen LogP contribution in [0.25, 0.3) is 11.1 Å². The van der Waals surface area contributed by atoms with Crippen LogP contribution in [0.15, 0.2) is 48.5 Å². The minimum Gasteiger partial charge on any atom is -0.507 e. The lowest BCUT2D eigenvalue weighted by atomic mass is 9.46. The number of hydrogen-bond donors (Lipinski definition) is 1. The first-order valence-corrected chi connectivity index (χ1v) is 11.0. The van der Waals surface area contributed by atoms with Gasteiger partial charge in [-0.15, -0.1) is 11.6 Å². The molecule has 0 aromatic heterocycles. The van der Waals surface area contributed by atoms with Crippen LogP contribution >= 0.6 is 11.6 Å². The fourth-order valence-electron chi connectivity index (χ4n) is 7.04.